The quantitative estimate of drug-likeness (QED) is 0.800. The lowest BCUT2D eigenvalue weighted by Gasteiger charge is -2.33. The molecule has 3 heteroatoms. The zero-order valence-corrected chi connectivity index (χ0v) is 10.9. The Kier molecular flexibility index (Phi) is 3.66. The van der Waals surface area contributed by atoms with Crippen molar-refractivity contribution in [2.45, 2.75) is 26.7 Å². The Morgan fingerprint density at radius 3 is 2.94 bits per heavy atom. The molecular weight excluding hydrogens is 224 g/mol. The predicted octanol–water partition coefficient (Wildman–Crippen LogP) is 2.67. The molecule has 1 aliphatic rings. The molecule has 1 atom stereocenters. The van der Waals surface area contributed by atoms with E-state index in [4.69, 9.17) is 0 Å². The third-order valence-corrected chi connectivity index (χ3v) is 3.61. The maximum Gasteiger partial charge on any atom is 0.134 e. The number of carbonyl (C=O) groups is 1. The van der Waals surface area contributed by atoms with E-state index in [1.54, 1.807) is 6.92 Å². The number of piperidine rings is 1. The van der Waals surface area contributed by atoms with E-state index >= 15 is 0 Å². The maximum absolute atomic E-state index is 11.5. The largest absolute Gasteiger partial charge is 0.370 e. The SMILES string of the molecule is CC(=O)C1CCCN(c2ccc(C)cc2C#N)C1. The Labute approximate surface area is 108 Å². The van der Waals surface area contributed by atoms with Crippen LogP contribution in [0.25, 0.3) is 0 Å². The van der Waals surface area contributed by atoms with Gasteiger partial charge in [-0.05, 0) is 44.4 Å². The summed E-state index contributed by atoms with van der Waals surface area (Å²) < 4.78 is 0. The van der Waals surface area contributed by atoms with Gasteiger partial charge >= 0.3 is 0 Å². The summed E-state index contributed by atoms with van der Waals surface area (Å²) in [5, 5.41) is 9.21. The molecule has 2 rings (SSSR count). The van der Waals surface area contributed by atoms with Crippen molar-refractivity contribution in [1.82, 2.24) is 0 Å². The van der Waals surface area contributed by atoms with Crippen molar-refractivity contribution < 1.29 is 4.79 Å². The fourth-order valence-corrected chi connectivity index (χ4v) is 2.54. The van der Waals surface area contributed by atoms with Gasteiger partial charge in [0.2, 0.25) is 0 Å². The Hall–Kier alpha value is -1.82. The van der Waals surface area contributed by atoms with Crippen LogP contribution < -0.4 is 4.90 Å². The molecule has 1 aliphatic heterocycles. The summed E-state index contributed by atoms with van der Waals surface area (Å²) in [5.41, 5.74) is 2.77. The van der Waals surface area contributed by atoms with Crippen molar-refractivity contribution in [3.8, 4) is 6.07 Å². The zero-order chi connectivity index (χ0) is 13.1. The molecule has 0 N–H and O–H groups in total. The Balaban J connectivity index is 2.26. The van der Waals surface area contributed by atoms with E-state index in [2.05, 4.69) is 11.0 Å². The molecule has 1 saturated heterocycles. The molecule has 0 spiro atoms. The van der Waals surface area contributed by atoms with Crippen LogP contribution in [0.2, 0.25) is 0 Å². The molecule has 1 aromatic rings. The molecule has 18 heavy (non-hydrogen) atoms. The van der Waals surface area contributed by atoms with E-state index in [0.29, 0.717) is 5.56 Å². The molecule has 94 valence electrons. The van der Waals surface area contributed by atoms with Crippen LogP contribution in [0, 0.1) is 24.2 Å². The van der Waals surface area contributed by atoms with Crippen LogP contribution in [-0.2, 0) is 4.79 Å². The molecule has 0 amide bonds. The summed E-state index contributed by atoms with van der Waals surface area (Å²) in [6.45, 7) is 5.32. The molecule has 0 aromatic heterocycles. The highest BCUT2D eigenvalue weighted by Crippen LogP contribution is 2.27. The van der Waals surface area contributed by atoms with Gasteiger partial charge in [0.05, 0.1) is 11.3 Å². The summed E-state index contributed by atoms with van der Waals surface area (Å²) in [7, 11) is 0. The minimum absolute atomic E-state index is 0.117. The number of benzene rings is 1. The second-order valence-electron chi connectivity index (χ2n) is 5.03. The van der Waals surface area contributed by atoms with Crippen molar-refractivity contribution in [1.29, 1.82) is 5.26 Å². The predicted molar refractivity (Wildman–Crippen MR) is 71.5 cm³/mol. The van der Waals surface area contributed by atoms with Crippen molar-refractivity contribution in [2.75, 3.05) is 18.0 Å². The van der Waals surface area contributed by atoms with E-state index in [9.17, 15) is 10.1 Å². The first-order valence-electron chi connectivity index (χ1n) is 6.38. The molecule has 0 radical (unpaired) electrons. The van der Waals surface area contributed by atoms with Gasteiger partial charge in [0.15, 0.2) is 0 Å². The molecule has 1 unspecified atom stereocenters. The average molecular weight is 242 g/mol. The lowest BCUT2D eigenvalue weighted by molar-refractivity contribution is -0.120. The highest BCUT2D eigenvalue weighted by Gasteiger charge is 2.24. The van der Waals surface area contributed by atoms with Gasteiger partial charge < -0.3 is 4.90 Å². The third-order valence-electron chi connectivity index (χ3n) is 3.61. The van der Waals surface area contributed by atoms with E-state index in [1.807, 2.05) is 25.1 Å². The van der Waals surface area contributed by atoms with Crippen LogP contribution in [0.1, 0.15) is 30.9 Å². The Morgan fingerprint density at radius 2 is 2.28 bits per heavy atom. The first-order chi connectivity index (χ1) is 8.61. The number of aryl methyl sites for hydroxylation is 1. The van der Waals surface area contributed by atoms with E-state index in [0.717, 1.165) is 37.2 Å². The minimum Gasteiger partial charge on any atom is -0.370 e. The lowest BCUT2D eigenvalue weighted by Crippen LogP contribution is -2.38. The molecule has 1 fully saturated rings. The van der Waals surface area contributed by atoms with Crippen molar-refractivity contribution in [2.24, 2.45) is 5.92 Å². The van der Waals surface area contributed by atoms with Gasteiger partial charge in [0.25, 0.3) is 0 Å². The van der Waals surface area contributed by atoms with E-state index < -0.39 is 0 Å². The number of rotatable bonds is 2. The minimum atomic E-state index is 0.117. The number of hydrogen-bond acceptors (Lipinski definition) is 3. The number of Topliss-reactive ketones (excluding diaryl/α,β-unsaturated/α-hetero) is 1. The van der Waals surface area contributed by atoms with E-state index in [-0.39, 0.29) is 11.7 Å². The summed E-state index contributed by atoms with van der Waals surface area (Å²) in [6.07, 6.45) is 1.99. The van der Waals surface area contributed by atoms with Crippen LogP contribution >= 0.6 is 0 Å². The van der Waals surface area contributed by atoms with E-state index in [1.165, 1.54) is 0 Å². The van der Waals surface area contributed by atoms with Gasteiger partial charge in [0.1, 0.15) is 11.9 Å². The monoisotopic (exact) mass is 242 g/mol. The zero-order valence-electron chi connectivity index (χ0n) is 10.9. The third kappa shape index (κ3) is 2.53. The summed E-state index contributed by atoms with van der Waals surface area (Å²) in [6, 6.07) is 8.18. The van der Waals surface area contributed by atoms with Crippen molar-refractivity contribution in [3.63, 3.8) is 0 Å². The van der Waals surface area contributed by atoms with Gasteiger partial charge in [-0.1, -0.05) is 6.07 Å². The number of nitrogens with zero attached hydrogens (tertiary/aromatic N) is 2. The van der Waals surface area contributed by atoms with Crippen molar-refractivity contribution in [3.05, 3.63) is 29.3 Å². The molecule has 3 nitrogen and oxygen atoms in total. The normalized spacial score (nSPS) is 19.4. The number of nitriles is 1. The topological polar surface area (TPSA) is 44.1 Å². The Bertz CT molecular complexity index is 502. The van der Waals surface area contributed by atoms with Gasteiger partial charge in [-0.2, -0.15) is 5.26 Å². The fourth-order valence-electron chi connectivity index (χ4n) is 2.54. The highest BCUT2D eigenvalue weighted by molar-refractivity contribution is 5.79. The van der Waals surface area contributed by atoms with Crippen LogP contribution in [0.15, 0.2) is 18.2 Å². The standard InChI is InChI=1S/C15H18N2O/c1-11-5-6-15(14(8-11)9-16)17-7-3-4-13(10-17)12(2)18/h5-6,8,13H,3-4,7,10H2,1-2H3. The fraction of sp³-hybridized carbons (Fsp3) is 0.467. The smallest absolute Gasteiger partial charge is 0.134 e. The molecule has 1 heterocycles. The van der Waals surface area contributed by atoms with Crippen LogP contribution in [0.3, 0.4) is 0 Å². The number of ketones is 1. The second kappa shape index (κ2) is 5.22. The number of hydrogen-bond donors (Lipinski definition) is 0. The molecular formula is C15H18N2O. The average Bonchev–Trinajstić information content (AvgIpc) is 2.38. The summed E-state index contributed by atoms with van der Waals surface area (Å²) in [5.74, 6) is 0.372. The van der Waals surface area contributed by atoms with Gasteiger partial charge in [-0.3, -0.25) is 4.79 Å². The van der Waals surface area contributed by atoms with Gasteiger partial charge in [0, 0.05) is 19.0 Å². The van der Waals surface area contributed by atoms with Crippen LogP contribution in [0.4, 0.5) is 5.69 Å². The first kappa shape index (κ1) is 12.6. The molecule has 0 aliphatic carbocycles. The first-order valence-corrected chi connectivity index (χ1v) is 6.38. The van der Waals surface area contributed by atoms with Crippen molar-refractivity contribution >= 4 is 11.5 Å². The lowest BCUT2D eigenvalue weighted by atomic mass is 9.93. The maximum atomic E-state index is 11.5. The summed E-state index contributed by atoms with van der Waals surface area (Å²) >= 11 is 0. The number of carbonyl (C=O) groups excluding carboxylic acids is 1. The van der Waals surface area contributed by atoms with Crippen LogP contribution in [-0.4, -0.2) is 18.9 Å². The van der Waals surface area contributed by atoms with Gasteiger partial charge in [-0.25, -0.2) is 0 Å². The highest BCUT2D eigenvalue weighted by atomic mass is 16.1. The second-order valence-corrected chi connectivity index (χ2v) is 5.03. The Morgan fingerprint density at radius 1 is 1.50 bits per heavy atom. The molecule has 0 saturated carbocycles. The number of anilines is 1. The molecule has 0 bridgehead atoms. The molecule has 1 aromatic carbocycles. The van der Waals surface area contributed by atoms with Crippen LogP contribution in [0.5, 0.6) is 0 Å². The summed E-state index contributed by atoms with van der Waals surface area (Å²) in [4.78, 5) is 13.7. The van der Waals surface area contributed by atoms with Gasteiger partial charge in [-0.15, -0.1) is 0 Å².